The second-order valence-corrected chi connectivity index (χ2v) is 7.68. The van der Waals surface area contributed by atoms with Crippen LogP contribution in [0.1, 0.15) is 25.0 Å². The highest BCUT2D eigenvalue weighted by atomic mass is 32.2. The second kappa shape index (κ2) is 6.62. The van der Waals surface area contributed by atoms with Crippen LogP contribution in [0.25, 0.3) is 0 Å². The molecule has 0 aliphatic carbocycles. The van der Waals surface area contributed by atoms with Crippen molar-refractivity contribution in [3.63, 3.8) is 0 Å². The lowest BCUT2D eigenvalue weighted by atomic mass is 9.83. The first-order valence-corrected chi connectivity index (χ1v) is 8.91. The molecule has 128 valence electrons. The molecule has 0 heterocycles. The topological polar surface area (TPSA) is 115 Å². The fourth-order valence-corrected chi connectivity index (χ4v) is 2.75. The summed E-state index contributed by atoms with van der Waals surface area (Å²) in [5, 5.41) is 7.91. The average molecular weight is 347 g/mol. The molecule has 0 bridgehead atoms. The van der Waals surface area contributed by atoms with Crippen LogP contribution in [0.15, 0.2) is 53.4 Å². The molecule has 0 aliphatic rings. The van der Waals surface area contributed by atoms with Crippen LogP contribution in [0, 0.1) is 0 Å². The van der Waals surface area contributed by atoms with Gasteiger partial charge in [0.05, 0.1) is 10.3 Å². The quantitative estimate of drug-likeness (QED) is 0.711. The van der Waals surface area contributed by atoms with Crippen LogP contribution in [-0.4, -0.2) is 14.3 Å². The van der Waals surface area contributed by atoms with E-state index in [-0.39, 0.29) is 10.8 Å². The number of primary sulfonamides is 1. The van der Waals surface area contributed by atoms with Crippen LogP contribution < -0.4 is 16.2 Å². The number of nitrogen functional groups attached to an aromatic ring is 1. The predicted octanol–water partition coefficient (Wildman–Crippen LogP) is 1.51. The monoisotopic (exact) mass is 347 g/mol. The van der Waals surface area contributed by atoms with Gasteiger partial charge < -0.3 is 11.1 Å². The maximum atomic E-state index is 12.5. The molecule has 0 fully saturated rings. The summed E-state index contributed by atoms with van der Waals surface area (Å²) in [5.74, 6) is -0.136. The van der Waals surface area contributed by atoms with Crippen LogP contribution in [0.4, 0.5) is 5.69 Å². The number of anilines is 1. The van der Waals surface area contributed by atoms with Crippen LogP contribution in [0.5, 0.6) is 0 Å². The zero-order valence-corrected chi connectivity index (χ0v) is 14.4. The van der Waals surface area contributed by atoms with Gasteiger partial charge >= 0.3 is 0 Å². The fraction of sp³-hybridized carbons (Fsp3) is 0.235. The number of rotatable bonds is 5. The Morgan fingerprint density at radius 3 is 2.08 bits per heavy atom. The number of carbonyl (C=O) groups is 1. The van der Waals surface area contributed by atoms with Gasteiger partial charge in [0.25, 0.3) is 0 Å². The van der Waals surface area contributed by atoms with Gasteiger partial charge in [-0.25, -0.2) is 13.6 Å². The number of carbonyl (C=O) groups excluding carboxylic acids is 1. The number of nitrogens with one attached hydrogen (secondary N) is 1. The Bertz CT molecular complexity index is 826. The fourth-order valence-electron chi connectivity index (χ4n) is 2.23. The van der Waals surface area contributed by atoms with Gasteiger partial charge in [0.1, 0.15) is 0 Å². The van der Waals surface area contributed by atoms with Gasteiger partial charge in [-0.15, -0.1) is 0 Å². The summed E-state index contributed by atoms with van der Waals surface area (Å²) in [5.41, 5.74) is 7.24. The standard InChI is InChI=1S/C17H21N3O3S/c1-17(2,13-5-7-14(18)8-6-13)16(21)20-11-12-3-9-15(10-4-12)24(19,22)23/h3-10H,11,18H2,1-2H3,(H,20,21)(H2,19,22,23). The molecule has 0 atom stereocenters. The Balaban J connectivity index is 2.05. The van der Waals surface area contributed by atoms with Crippen molar-refractivity contribution in [3.8, 4) is 0 Å². The summed E-state index contributed by atoms with van der Waals surface area (Å²) >= 11 is 0. The zero-order chi connectivity index (χ0) is 18.0. The third-order valence-electron chi connectivity index (χ3n) is 3.90. The average Bonchev–Trinajstić information content (AvgIpc) is 2.52. The first kappa shape index (κ1) is 18.0. The summed E-state index contributed by atoms with van der Waals surface area (Å²) in [6, 6.07) is 13.3. The Morgan fingerprint density at radius 1 is 1.04 bits per heavy atom. The lowest BCUT2D eigenvalue weighted by Gasteiger charge is -2.24. The molecule has 0 aliphatic heterocycles. The third-order valence-corrected chi connectivity index (χ3v) is 4.83. The van der Waals surface area contributed by atoms with E-state index < -0.39 is 15.4 Å². The number of sulfonamides is 1. The van der Waals surface area contributed by atoms with Gasteiger partial charge in [0.2, 0.25) is 15.9 Å². The highest BCUT2D eigenvalue weighted by molar-refractivity contribution is 7.89. The minimum atomic E-state index is -3.71. The first-order valence-electron chi connectivity index (χ1n) is 7.37. The zero-order valence-electron chi connectivity index (χ0n) is 13.6. The Kier molecular flexibility index (Phi) is 4.96. The van der Waals surface area contributed by atoms with Crippen molar-refractivity contribution < 1.29 is 13.2 Å². The Hall–Kier alpha value is -2.38. The normalized spacial score (nSPS) is 12.0. The lowest BCUT2D eigenvalue weighted by molar-refractivity contribution is -0.125. The van der Waals surface area contributed by atoms with E-state index >= 15 is 0 Å². The van der Waals surface area contributed by atoms with E-state index in [4.69, 9.17) is 10.9 Å². The van der Waals surface area contributed by atoms with Crippen molar-refractivity contribution in [2.24, 2.45) is 5.14 Å². The molecular formula is C17H21N3O3S. The van der Waals surface area contributed by atoms with Gasteiger partial charge in [-0.05, 0) is 49.2 Å². The number of nitrogens with two attached hydrogens (primary N) is 2. The van der Waals surface area contributed by atoms with Crippen molar-refractivity contribution in [2.45, 2.75) is 30.7 Å². The SMILES string of the molecule is CC(C)(C(=O)NCc1ccc(S(N)(=O)=O)cc1)c1ccc(N)cc1. The lowest BCUT2D eigenvalue weighted by Crippen LogP contribution is -2.39. The largest absolute Gasteiger partial charge is 0.399 e. The van der Waals surface area contributed by atoms with Crippen molar-refractivity contribution in [1.29, 1.82) is 0 Å². The summed E-state index contributed by atoms with van der Waals surface area (Å²) in [6.45, 7) is 3.96. The molecule has 1 amide bonds. The molecule has 24 heavy (non-hydrogen) atoms. The Labute approximate surface area is 141 Å². The molecule has 2 aromatic carbocycles. The molecule has 2 rings (SSSR count). The predicted molar refractivity (Wildman–Crippen MR) is 93.5 cm³/mol. The molecule has 0 saturated heterocycles. The summed E-state index contributed by atoms with van der Waals surface area (Å²) in [4.78, 5) is 12.5. The van der Waals surface area contributed by atoms with Gasteiger partial charge in [-0.2, -0.15) is 0 Å². The highest BCUT2D eigenvalue weighted by Gasteiger charge is 2.29. The van der Waals surface area contributed by atoms with E-state index in [9.17, 15) is 13.2 Å². The van der Waals surface area contributed by atoms with Gasteiger partial charge in [0, 0.05) is 12.2 Å². The summed E-state index contributed by atoms with van der Waals surface area (Å²) < 4.78 is 22.4. The van der Waals surface area contributed by atoms with Crippen molar-refractivity contribution in [2.75, 3.05) is 5.73 Å². The molecule has 0 aromatic heterocycles. The van der Waals surface area contributed by atoms with Crippen molar-refractivity contribution in [3.05, 3.63) is 59.7 Å². The van der Waals surface area contributed by atoms with Crippen molar-refractivity contribution in [1.82, 2.24) is 5.32 Å². The maximum Gasteiger partial charge on any atom is 0.238 e. The highest BCUT2D eigenvalue weighted by Crippen LogP contribution is 2.24. The number of hydrogen-bond acceptors (Lipinski definition) is 4. The molecule has 6 nitrogen and oxygen atoms in total. The molecule has 0 spiro atoms. The van der Waals surface area contributed by atoms with Crippen molar-refractivity contribution >= 4 is 21.6 Å². The first-order chi connectivity index (χ1) is 11.1. The number of hydrogen-bond donors (Lipinski definition) is 3. The third kappa shape index (κ3) is 4.12. The molecular weight excluding hydrogens is 326 g/mol. The van der Waals surface area contributed by atoms with Crippen LogP contribution in [-0.2, 0) is 26.8 Å². The minimum absolute atomic E-state index is 0.0415. The Morgan fingerprint density at radius 2 is 1.58 bits per heavy atom. The van der Waals surface area contributed by atoms with E-state index in [0.29, 0.717) is 12.2 Å². The summed E-state index contributed by atoms with van der Waals surface area (Å²) in [6.07, 6.45) is 0. The van der Waals surface area contributed by atoms with E-state index in [0.717, 1.165) is 11.1 Å². The van der Waals surface area contributed by atoms with Crippen LogP contribution >= 0.6 is 0 Å². The maximum absolute atomic E-state index is 12.5. The minimum Gasteiger partial charge on any atom is -0.399 e. The molecule has 7 heteroatoms. The van der Waals surface area contributed by atoms with Gasteiger partial charge in [-0.1, -0.05) is 24.3 Å². The van der Waals surface area contributed by atoms with Crippen LogP contribution in [0.2, 0.25) is 0 Å². The van der Waals surface area contributed by atoms with Crippen LogP contribution in [0.3, 0.4) is 0 Å². The molecule has 0 saturated carbocycles. The van der Waals surface area contributed by atoms with Gasteiger partial charge in [0.15, 0.2) is 0 Å². The second-order valence-electron chi connectivity index (χ2n) is 6.12. The molecule has 2 aromatic rings. The molecule has 0 unspecified atom stereocenters. The van der Waals surface area contributed by atoms with E-state index in [1.54, 1.807) is 24.3 Å². The molecule has 5 N–H and O–H groups in total. The van der Waals surface area contributed by atoms with E-state index in [1.807, 2.05) is 26.0 Å². The molecule has 0 radical (unpaired) electrons. The van der Waals surface area contributed by atoms with Gasteiger partial charge in [-0.3, -0.25) is 4.79 Å². The summed E-state index contributed by atoms with van der Waals surface area (Å²) in [7, 11) is -3.71. The van der Waals surface area contributed by atoms with E-state index in [1.165, 1.54) is 12.1 Å². The number of benzene rings is 2. The smallest absolute Gasteiger partial charge is 0.238 e. The number of amides is 1. The van der Waals surface area contributed by atoms with E-state index in [2.05, 4.69) is 5.32 Å².